The molecule has 0 aliphatic carbocycles. The molecule has 2 rings (SSSR count). The first-order valence-corrected chi connectivity index (χ1v) is 5.05. The van der Waals surface area contributed by atoms with Crippen molar-refractivity contribution in [2.75, 3.05) is 5.32 Å². The van der Waals surface area contributed by atoms with Gasteiger partial charge in [0.25, 0.3) is 0 Å². The zero-order chi connectivity index (χ0) is 11.5. The Morgan fingerprint density at radius 2 is 2.00 bits per heavy atom. The van der Waals surface area contributed by atoms with Gasteiger partial charge < -0.3 is 10.4 Å². The third kappa shape index (κ3) is 2.34. The van der Waals surface area contributed by atoms with Crippen LogP contribution in [-0.2, 0) is 0 Å². The Morgan fingerprint density at radius 1 is 1.31 bits per heavy atom. The first-order valence-electron chi connectivity index (χ1n) is 4.64. The molecule has 1 aromatic heterocycles. The van der Waals surface area contributed by atoms with Crippen molar-refractivity contribution in [2.45, 2.75) is 6.92 Å². The Balaban J connectivity index is 2.24. The summed E-state index contributed by atoms with van der Waals surface area (Å²) in [5.74, 6) is 0.690. The highest BCUT2D eigenvalue weighted by Gasteiger charge is 1.98. The number of H-pyrrole nitrogens is 1. The van der Waals surface area contributed by atoms with Crippen molar-refractivity contribution in [1.82, 2.24) is 15.2 Å². The van der Waals surface area contributed by atoms with Gasteiger partial charge in [0.2, 0.25) is 5.95 Å². The lowest BCUT2D eigenvalue weighted by molar-refractivity contribution is 0.475. The summed E-state index contributed by atoms with van der Waals surface area (Å²) in [6.07, 6.45) is 0. The number of aromatic amines is 1. The summed E-state index contributed by atoms with van der Waals surface area (Å²) < 4.78 is 0.458. The fraction of sp³-hybridized carbons (Fsp3) is 0.100. The first-order chi connectivity index (χ1) is 7.65. The Morgan fingerprint density at radius 3 is 2.62 bits per heavy atom. The number of nitrogens with zero attached hydrogens (tertiary/aromatic N) is 2. The zero-order valence-corrected chi connectivity index (χ0v) is 9.38. The van der Waals surface area contributed by atoms with E-state index in [0.29, 0.717) is 16.3 Å². The summed E-state index contributed by atoms with van der Waals surface area (Å²) in [4.78, 5) is 4.11. The number of benzene rings is 1. The maximum atomic E-state index is 9.12. The Bertz CT molecular complexity index is 549. The minimum atomic E-state index is 0.216. The summed E-state index contributed by atoms with van der Waals surface area (Å²) in [5, 5.41) is 18.8. The molecule has 0 aliphatic rings. The van der Waals surface area contributed by atoms with E-state index in [1.54, 1.807) is 31.2 Å². The van der Waals surface area contributed by atoms with Crippen molar-refractivity contribution in [2.24, 2.45) is 0 Å². The summed E-state index contributed by atoms with van der Waals surface area (Å²) >= 11 is 5.00. The lowest BCUT2D eigenvalue weighted by atomic mass is 10.3. The molecule has 1 aromatic carbocycles. The van der Waals surface area contributed by atoms with Crippen LogP contribution in [0.1, 0.15) is 5.69 Å². The predicted octanol–water partition coefficient (Wildman–Crippen LogP) is 2.29. The van der Waals surface area contributed by atoms with Crippen LogP contribution in [0.3, 0.4) is 0 Å². The average Bonchev–Trinajstić information content (AvgIpc) is 2.27. The average molecular weight is 234 g/mol. The molecular formula is C10H10N4OS. The molecule has 6 heteroatoms. The molecule has 0 atom stereocenters. The quantitative estimate of drug-likeness (QED) is 0.549. The third-order valence-electron chi connectivity index (χ3n) is 1.98. The van der Waals surface area contributed by atoms with Crippen LogP contribution < -0.4 is 5.32 Å². The van der Waals surface area contributed by atoms with Crippen LogP contribution in [-0.4, -0.2) is 20.3 Å². The van der Waals surface area contributed by atoms with Crippen molar-refractivity contribution in [3.05, 3.63) is 34.6 Å². The number of nitrogens with one attached hydrogen (secondary N) is 2. The number of aryl methyl sites for hydroxylation is 1. The van der Waals surface area contributed by atoms with E-state index in [2.05, 4.69) is 20.5 Å². The number of aromatic nitrogens is 3. The smallest absolute Gasteiger partial charge is 0.222 e. The van der Waals surface area contributed by atoms with E-state index in [4.69, 9.17) is 17.3 Å². The highest BCUT2D eigenvalue weighted by molar-refractivity contribution is 7.71. The van der Waals surface area contributed by atoms with Gasteiger partial charge in [-0.15, -0.1) is 0 Å². The van der Waals surface area contributed by atoms with Gasteiger partial charge in [0.15, 0.2) is 4.64 Å². The van der Waals surface area contributed by atoms with Gasteiger partial charge >= 0.3 is 0 Å². The Kier molecular flexibility index (Phi) is 2.82. The molecule has 5 nitrogen and oxygen atoms in total. The van der Waals surface area contributed by atoms with Crippen LogP contribution in [0.5, 0.6) is 5.75 Å². The van der Waals surface area contributed by atoms with Gasteiger partial charge in [0.1, 0.15) is 5.75 Å². The molecule has 0 bridgehead atoms. The fourth-order valence-electron chi connectivity index (χ4n) is 1.13. The minimum Gasteiger partial charge on any atom is -0.508 e. The highest BCUT2D eigenvalue weighted by atomic mass is 32.1. The van der Waals surface area contributed by atoms with Crippen LogP contribution in [0.25, 0.3) is 0 Å². The number of anilines is 2. The minimum absolute atomic E-state index is 0.216. The van der Waals surface area contributed by atoms with E-state index >= 15 is 0 Å². The molecule has 3 N–H and O–H groups in total. The van der Waals surface area contributed by atoms with E-state index < -0.39 is 0 Å². The molecule has 0 amide bonds. The number of rotatable bonds is 2. The van der Waals surface area contributed by atoms with Crippen LogP contribution in [0, 0.1) is 11.6 Å². The monoisotopic (exact) mass is 234 g/mol. The second kappa shape index (κ2) is 4.28. The summed E-state index contributed by atoms with van der Waals surface area (Å²) in [5.41, 5.74) is 1.48. The molecule has 0 radical (unpaired) electrons. The van der Waals surface area contributed by atoms with Crippen molar-refractivity contribution in [3.8, 4) is 5.75 Å². The van der Waals surface area contributed by atoms with Crippen LogP contribution in [0.15, 0.2) is 24.3 Å². The largest absolute Gasteiger partial charge is 0.508 e. The molecule has 16 heavy (non-hydrogen) atoms. The topological polar surface area (TPSA) is 73.8 Å². The summed E-state index contributed by atoms with van der Waals surface area (Å²) in [7, 11) is 0. The number of phenols is 1. The molecule has 0 spiro atoms. The van der Waals surface area contributed by atoms with E-state index in [-0.39, 0.29) is 5.75 Å². The zero-order valence-electron chi connectivity index (χ0n) is 8.56. The lowest BCUT2D eigenvalue weighted by Gasteiger charge is -2.04. The number of hydrogen-bond donors (Lipinski definition) is 3. The van der Waals surface area contributed by atoms with Crippen molar-refractivity contribution in [3.63, 3.8) is 0 Å². The maximum absolute atomic E-state index is 9.12. The number of hydrogen-bond acceptors (Lipinski definition) is 5. The molecule has 1 heterocycles. The van der Waals surface area contributed by atoms with E-state index in [9.17, 15) is 0 Å². The summed E-state index contributed by atoms with van der Waals surface area (Å²) in [6.45, 7) is 1.79. The van der Waals surface area contributed by atoms with Crippen LogP contribution in [0.2, 0.25) is 0 Å². The van der Waals surface area contributed by atoms with Crippen LogP contribution >= 0.6 is 12.2 Å². The van der Waals surface area contributed by atoms with Crippen molar-refractivity contribution >= 4 is 23.9 Å². The van der Waals surface area contributed by atoms with Gasteiger partial charge in [0, 0.05) is 5.69 Å². The van der Waals surface area contributed by atoms with Crippen LogP contribution in [0.4, 0.5) is 11.6 Å². The van der Waals surface area contributed by atoms with Gasteiger partial charge in [0.05, 0.1) is 5.69 Å². The molecular weight excluding hydrogens is 224 g/mol. The first kappa shape index (κ1) is 10.6. The Hall–Kier alpha value is -1.95. The highest BCUT2D eigenvalue weighted by Crippen LogP contribution is 2.16. The van der Waals surface area contributed by atoms with Gasteiger partial charge in [-0.25, -0.2) is 5.10 Å². The molecule has 2 aromatic rings. The summed E-state index contributed by atoms with van der Waals surface area (Å²) in [6, 6.07) is 6.62. The van der Waals surface area contributed by atoms with Gasteiger partial charge in [-0.1, -0.05) is 12.2 Å². The van der Waals surface area contributed by atoms with Crippen molar-refractivity contribution < 1.29 is 5.11 Å². The van der Waals surface area contributed by atoms with E-state index in [1.807, 2.05) is 0 Å². The van der Waals surface area contributed by atoms with Crippen molar-refractivity contribution in [1.29, 1.82) is 0 Å². The molecule has 0 saturated heterocycles. The second-order valence-electron chi connectivity index (χ2n) is 3.25. The maximum Gasteiger partial charge on any atom is 0.222 e. The number of aromatic hydroxyl groups is 1. The second-order valence-corrected chi connectivity index (χ2v) is 3.63. The standard InChI is InChI=1S/C10H10N4OS/c1-6-9(16)12-10(14-13-6)11-7-2-4-8(15)5-3-7/h2-5,15H,1H3,(H2,11,12,14,16). The normalized spacial score (nSPS) is 10.1. The molecule has 0 unspecified atom stereocenters. The van der Waals surface area contributed by atoms with Gasteiger partial charge in [-0.3, -0.25) is 0 Å². The van der Waals surface area contributed by atoms with Gasteiger partial charge in [-0.05, 0) is 31.2 Å². The van der Waals surface area contributed by atoms with Gasteiger partial charge in [-0.2, -0.15) is 10.1 Å². The molecule has 0 saturated carbocycles. The SMILES string of the molecule is Cc1n[nH]c(Nc2ccc(O)cc2)nc1=S. The fourth-order valence-corrected chi connectivity index (χ4v) is 1.27. The Labute approximate surface area is 97.2 Å². The predicted molar refractivity (Wildman–Crippen MR) is 63.3 cm³/mol. The number of phenolic OH excluding ortho intramolecular Hbond substituents is 1. The van der Waals surface area contributed by atoms with E-state index in [1.165, 1.54) is 0 Å². The molecule has 0 fully saturated rings. The third-order valence-corrected chi connectivity index (χ3v) is 2.37. The lowest BCUT2D eigenvalue weighted by Crippen LogP contribution is -2.00. The molecule has 0 aliphatic heterocycles. The van der Waals surface area contributed by atoms with E-state index in [0.717, 1.165) is 5.69 Å². The molecule has 82 valence electrons.